The SMILES string of the molecule is C=CC(=O)N1CCN(c2nc(C)c(-c3ccccc3C)c3nc(-c4ccccc4F)c(Cl)cc23)[C@@H](C)C1. The van der Waals surface area contributed by atoms with E-state index in [1.807, 2.05) is 25.1 Å². The summed E-state index contributed by atoms with van der Waals surface area (Å²) in [6.45, 7) is 11.5. The molecule has 7 heteroatoms. The topological polar surface area (TPSA) is 49.3 Å². The van der Waals surface area contributed by atoms with Crippen LogP contribution in [0.15, 0.2) is 67.3 Å². The van der Waals surface area contributed by atoms with E-state index in [1.54, 1.807) is 23.1 Å². The first-order valence-corrected chi connectivity index (χ1v) is 12.7. The third-order valence-electron chi connectivity index (χ3n) is 7.02. The van der Waals surface area contributed by atoms with E-state index in [0.29, 0.717) is 35.9 Å². The number of carbonyl (C=O) groups is 1. The summed E-state index contributed by atoms with van der Waals surface area (Å²) >= 11 is 6.77. The minimum atomic E-state index is -0.378. The average Bonchev–Trinajstić information content (AvgIpc) is 2.89. The van der Waals surface area contributed by atoms with Crippen LogP contribution in [0.4, 0.5) is 10.2 Å². The number of amides is 1. The van der Waals surface area contributed by atoms with E-state index >= 15 is 0 Å². The van der Waals surface area contributed by atoms with Gasteiger partial charge in [-0.2, -0.15) is 0 Å². The lowest BCUT2D eigenvalue weighted by Crippen LogP contribution is -2.53. The van der Waals surface area contributed by atoms with Gasteiger partial charge >= 0.3 is 0 Å². The lowest BCUT2D eigenvalue weighted by molar-refractivity contribution is -0.126. The van der Waals surface area contributed by atoms with E-state index in [0.717, 1.165) is 39.1 Å². The molecule has 0 radical (unpaired) electrons. The van der Waals surface area contributed by atoms with Crippen molar-refractivity contribution in [1.82, 2.24) is 14.9 Å². The number of anilines is 1. The van der Waals surface area contributed by atoms with Crippen molar-refractivity contribution in [1.29, 1.82) is 0 Å². The van der Waals surface area contributed by atoms with E-state index < -0.39 is 0 Å². The van der Waals surface area contributed by atoms with Crippen LogP contribution < -0.4 is 4.90 Å². The number of piperazine rings is 1. The van der Waals surface area contributed by atoms with Crippen LogP contribution in [-0.2, 0) is 4.79 Å². The molecule has 1 aliphatic heterocycles. The predicted molar refractivity (Wildman–Crippen MR) is 148 cm³/mol. The minimum absolute atomic E-state index is 0.0158. The van der Waals surface area contributed by atoms with Gasteiger partial charge in [0, 0.05) is 47.9 Å². The summed E-state index contributed by atoms with van der Waals surface area (Å²) in [6, 6.07) is 16.5. The van der Waals surface area contributed by atoms with E-state index in [9.17, 15) is 9.18 Å². The summed E-state index contributed by atoms with van der Waals surface area (Å²) in [5, 5.41) is 1.15. The fraction of sp³-hybridized carbons (Fsp3) is 0.233. The van der Waals surface area contributed by atoms with Gasteiger partial charge in [-0.3, -0.25) is 4.79 Å². The zero-order chi connectivity index (χ0) is 26.3. The highest BCUT2D eigenvalue weighted by Gasteiger charge is 2.29. The Bertz CT molecular complexity index is 1540. The molecule has 2 aromatic carbocycles. The zero-order valence-electron chi connectivity index (χ0n) is 21.1. The Kier molecular flexibility index (Phi) is 6.69. The summed E-state index contributed by atoms with van der Waals surface area (Å²) in [4.78, 5) is 26.3. The smallest absolute Gasteiger partial charge is 0.246 e. The fourth-order valence-electron chi connectivity index (χ4n) is 5.13. The number of hydrogen-bond acceptors (Lipinski definition) is 4. The molecule has 1 aliphatic rings. The van der Waals surface area contributed by atoms with Crippen LogP contribution in [0, 0.1) is 19.7 Å². The second kappa shape index (κ2) is 9.94. The average molecular weight is 515 g/mol. The number of rotatable bonds is 4. The van der Waals surface area contributed by atoms with Gasteiger partial charge in [0.05, 0.1) is 16.2 Å². The largest absolute Gasteiger partial charge is 0.350 e. The minimum Gasteiger partial charge on any atom is -0.350 e. The molecular weight excluding hydrogens is 487 g/mol. The van der Waals surface area contributed by atoms with Crippen LogP contribution in [-0.4, -0.2) is 46.5 Å². The molecule has 0 saturated carbocycles. The molecule has 0 spiro atoms. The molecule has 0 N–H and O–H groups in total. The van der Waals surface area contributed by atoms with Gasteiger partial charge in [0.2, 0.25) is 5.91 Å². The molecule has 0 bridgehead atoms. The van der Waals surface area contributed by atoms with Crippen molar-refractivity contribution >= 4 is 34.2 Å². The number of pyridine rings is 2. The van der Waals surface area contributed by atoms with Crippen molar-refractivity contribution in [3.63, 3.8) is 0 Å². The van der Waals surface area contributed by atoms with Gasteiger partial charge in [0.1, 0.15) is 11.6 Å². The van der Waals surface area contributed by atoms with Crippen LogP contribution in [0.5, 0.6) is 0 Å². The fourth-order valence-corrected chi connectivity index (χ4v) is 5.39. The number of halogens is 2. The van der Waals surface area contributed by atoms with Crippen LogP contribution >= 0.6 is 11.6 Å². The first-order valence-electron chi connectivity index (χ1n) is 12.3. The Balaban J connectivity index is 1.75. The van der Waals surface area contributed by atoms with Gasteiger partial charge in [-0.05, 0) is 56.2 Å². The van der Waals surface area contributed by atoms with E-state index in [1.165, 1.54) is 12.1 Å². The molecule has 188 valence electrons. The van der Waals surface area contributed by atoms with Gasteiger partial charge in [-0.15, -0.1) is 0 Å². The Morgan fingerprint density at radius 1 is 1.08 bits per heavy atom. The lowest BCUT2D eigenvalue weighted by Gasteiger charge is -2.41. The number of aromatic nitrogens is 2. The molecule has 1 amide bonds. The molecule has 5 rings (SSSR count). The van der Waals surface area contributed by atoms with Crippen LogP contribution in [0.2, 0.25) is 5.02 Å². The van der Waals surface area contributed by atoms with Crippen LogP contribution in [0.1, 0.15) is 18.2 Å². The lowest BCUT2D eigenvalue weighted by atomic mass is 9.96. The number of aryl methyl sites for hydroxylation is 2. The van der Waals surface area contributed by atoms with Gasteiger partial charge in [-0.1, -0.05) is 54.6 Å². The summed E-state index contributed by atoms with van der Waals surface area (Å²) < 4.78 is 14.8. The molecule has 1 fully saturated rings. The Hall–Kier alpha value is -3.77. The van der Waals surface area contributed by atoms with Gasteiger partial charge in [0.25, 0.3) is 0 Å². The maximum Gasteiger partial charge on any atom is 0.246 e. The molecule has 0 aliphatic carbocycles. The van der Waals surface area contributed by atoms with E-state index in [2.05, 4.69) is 37.5 Å². The maximum atomic E-state index is 14.8. The van der Waals surface area contributed by atoms with Crippen molar-refractivity contribution in [2.24, 2.45) is 0 Å². The number of benzene rings is 2. The molecule has 1 atom stereocenters. The standard InChI is InChI=1S/C30H28ClFN4O/c1-5-26(37)35-14-15-36(19(3)17-35)30-23-16-24(31)28(22-12-8-9-13-25(22)32)34-29(23)27(20(4)33-30)21-11-7-6-10-18(21)2/h5-13,16,19H,1,14-15,17H2,2-4H3/t19-/m0/s1. The van der Waals surface area contributed by atoms with Crippen molar-refractivity contribution < 1.29 is 9.18 Å². The molecule has 5 nitrogen and oxygen atoms in total. The highest BCUT2D eigenvalue weighted by Crippen LogP contribution is 2.41. The highest BCUT2D eigenvalue weighted by atomic mass is 35.5. The first kappa shape index (κ1) is 24.9. The summed E-state index contributed by atoms with van der Waals surface area (Å²) in [5.74, 6) is 0.309. The second-order valence-electron chi connectivity index (χ2n) is 9.44. The molecule has 37 heavy (non-hydrogen) atoms. The first-order chi connectivity index (χ1) is 17.8. The Labute approximate surface area is 221 Å². The monoisotopic (exact) mass is 514 g/mol. The maximum absolute atomic E-state index is 14.8. The van der Waals surface area contributed by atoms with Crippen molar-refractivity contribution in [3.05, 3.63) is 89.3 Å². The Morgan fingerprint density at radius 2 is 1.78 bits per heavy atom. The zero-order valence-corrected chi connectivity index (χ0v) is 21.9. The predicted octanol–water partition coefficient (Wildman–Crippen LogP) is 6.60. The normalized spacial score (nSPS) is 15.8. The third kappa shape index (κ3) is 4.46. The highest BCUT2D eigenvalue weighted by molar-refractivity contribution is 6.34. The summed E-state index contributed by atoms with van der Waals surface area (Å²) in [6.07, 6.45) is 1.35. The number of carbonyl (C=O) groups excluding carboxylic acids is 1. The van der Waals surface area contributed by atoms with Crippen LogP contribution in [0.3, 0.4) is 0 Å². The summed E-state index contributed by atoms with van der Waals surface area (Å²) in [7, 11) is 0. The van der Waals surface area contributed by atoms with Gasteiger partial charge < -0.3 is 9.80 Å². The summed E-state index contributed by atoms with van der Waals surface area (Å²) in [5.41, 5.74) is 5.31. The van der Waals surface area contributed by atoms with Crippen molar-refractivity contribution in [2.75, 3.05) is 24.5 Å². The van der Waals surface area contributed by atoms with Gasteiger partial charge in [-0.25, -0.2) is 14.4 Å². The Morgan fingerprint density at radius 3 is 2.46 bits per heavy atom. The van der Waals surface area contributed by atoms with Crippen molar-refractivity contribution in [2.45, 2.75) is 26.8 Å². The molecule has 3 heterocycles. The van der Waals surface area contributed by atoms with Crippen LogP contribution in [0.25, 0.3) is 33.3 Å². The molecular formula is C30H28ClFN4O. The molecule has 0 unspecified atom stereocenters. The molecule has 4 aromatic rings. The number of hydrogen-bond donors (Lipinski definition) is 0. The second-order valence-corrected chi connectivity index (χ2v) is 9.84. The van der Waals surface area contributed by atoms with E-state index in [-0.39, 0.29) is 17.8 Å². The molecule has 1 saturated heterocycles. The number of nitrogens with zero attached hydrogens (tertiary/aromatic N) is 4. The van der Waals surface area contributed by atoms with Crippen molar-refractivity contribution in [3.8, 4) is 22.4 Å². The number of fused-ring (bicyclic) bond motifs is 1. The third-order valence-corrected chi connectivity index (χ3v) is 7.31. The van der Waals surface area contributed by atoms with Gasteiger partial charge in [0.15, 0.2) is 0 Å². The quantitative estimate of drug-likeness (QED) is 0.288. The molecule has 2 aromatic heterocycles. The van der Waals surface area contributed by atoms with E-state index in [4.69, 9.17) is 21.6 Å².